The first kappa shape index (κ1) is 14.7. The number of hydrogen-bond acceptors (Lipinski definition) is 3. The highest BCUT2D eigenvalue weighted by molar-refractivity contribution is 9.10. The third kappa shape index (κ3) is 3.67. The second-order valence-electron chi connectivity index (χ2n) is 4.56. The van der Waals surface area contributed by atoms with Gasteiger partial charge in [-0.2, -0.15) is 0 Å². The molecule has 0 heterocycles. The van der Waals surface area contributed by atoms with Gasteiger partial charge in [0.05, 0.1) is 11.1 Å². The van der Waals surface area contributed by atoms with Crippen LogP contribution in [0.25, 0.3) is 0 Å². The molecule has 2 rings (SSSR count). The minimum atomic E-state index is 0.725. The van der Waals surface area contributed by atoms with E-state index in [0.717, 1.165) is 46.0 Å². The van der Waals surface area contributed by atoms with Crippen LogP contribution < -0.4 is 15.2 Å². The molecule has 0 saturated carbocycles. The molecule has 0 aliphatic rings. The molecule has 106 valence electrons. The van der Waals surface area contributed by atoms with Gasteiger partial charge in [0, 0.05) is 5.69 Å². The summed E-state index contributed by atoms with van der Waals surface area (Å²) in [5, 5.41) is 0. The fourth-order valence-corrected chi connectivity index (χ4v) is 2.14. The number of halogens is 1. The quantitative estimate of drug-likeness (QED) is 0.788. The van der Waals surface area contributed by atoms with Crippen LogP contribution in [-0.2, 0) is 0 Å². The van der Waals surface area contributed by atoms with Crippen molar-refractivity contribution in [2.24, 2.45) is 0 Å². The first-order chi connectivity index (χ1) is 9.60. The maximum Gasteiger partial charge on any atom is 0.142 e. The average molecular weight is 336 g/mol. The van der Waals surface area contributed by atoms with Crippen molar-refractivity contribution in [1.82, 2.24) is 0 Å². The summed E-state index contributed by atoms with van der Waals surface area (Å²) in [4.78, 5) is 0. The maximum atomic E-state index is 5.85. The lowest BCUT2D eigenvalue weighted by Crippen LogP contribution is -1.95. The van der Waals surface area contributed by atoms with Crippen molar-refractivity contribution in [2.75, 3.05) is 12.3 Å². The van der Waals surface area contributed by atoms with Crippen molar-refractivity contribution >= 4 is 21.6 Å². The predicted molar refractivity (Wildman–Crippen MR) is 85.6 cm³/mol. The van der Waals surface area contributed by atoms with Crippen molar-refractivity contribution in [3.05, 3.63) is 46.4 Å². The van der Waals surface area contributed by atoms with Crippen LogP contribution in [0.2, 0.25) is 0 Å². The molecule has 4 heteroatoms. The SMILES string of the molecule is CCCOc1ccc(Oc2cc(C)c(N)cc2Br)cc1. The van der Waals surface area contributed by atoms with E-state index < -0.39 is 0 Å². The topological polar surface area (TPSA) is 44.5 Å². The minimum Gasteiger partial charge on any atom is -0.494 e. The number of ether oxygens (including phenoxy) is 2. The molecular formula is C16H18BrNO2. The molecule has 0 atom stereocenters. The monoisotopic (exact) mass is 335 g/mol. The van der Waals surface area contributed by atoms with Gasteiger partial charge < -0.3 is 15.2 Å². The molecular weight excluding hydrogens is 318 g/mol. The second-order valence-corrected chi connectivity index (χ2v) is 5.42. The van der Waals surface area contributed by atoms with Crippen LogP contribution in [0.4, 0.5) is 5.69 Å². The Morgan fingerprint density at radius 1 is 1.10 bits per heavy atom. The van der Waals surface area contributed by atoms with Gasteiger partial charge in [-0.1, -0.05) is 6.92 Å². The summed E-state index contributed by atoms with van der Waals surface area (Å²) in [7, 11) is 0. The number of aryl methyl sites for hydroxylation is 1. The van der Waals surface area contributed by atoms with Gasteiger partial charge in [-0.25, -0.2) is 0 Å². The van der Waals surface area contributed by atoms with E-state index in [-0.39, 0.29) is 0 Å². The molecule has 0 saturated heterocycles. The van der Waals surface area contributed by atoms with Crippen molar-refractivity contribution in [3.63, 3.8) is 0 Å². The van der Waals surface area contributed by atoms with Gasteiger partial charge in [0.15, 0.2) is 0 Å². The first-order valence-corrected chi connectivity index (χ1v) is 7.35. The van der Waals surface area contributed by atoms with Crippen LogP contribution in [-0.4, -0.2) is 6.61 Å². The Balaban J connectivity index is 2.12. The number of rotatable bonds is 5. The molecule has 0 unspecified atom stereocenters. The molecule has 20 heavy (non-hydrogen) atoms. The summed E-state index contributed by atoms with van der Waals surface area (Å²) in [5.41, 5.74) is 7.58. The highest BCUT2D eigenvalue weighted by Gasteiger charge is 2.06. The van der Waals surface area contributed by atoms with Crippen molar-refractivity contribution in [1.29, 1.82) is 0 Å². The lowest BCUT2D eigenvalue weighted by Gasteiger charge is -2.11. The molecule has 0 aliphatic carbocycles. The molecule has 0 amide bonds. The van der Waals surface area contributed by atoms with Crippen LogP contribution in [0, 0.1) is 6.92 Å². The highest BCUT2D eigenvalue weighted by Crippen LogP contribution is 2.33. The van der Waals surface area contributed by atoms with E-state index in [1.165, 1.54) is 0 Å². The Morgan fingerprint density at radius 2 is 1.75 bits per heavy atom. The highest BCUT2D eigenvalue weighted by atomic mass is 79.9. The Morgan fingerprint density at radius 3 is 2.40 bits per heavy atom. The smallest absolute Gasteiger partial charge is 0.142 e. The van der Waals surface area contributed by atoms with E-state index in [1.807, 2.05) is 43.3 Å². The van der Waals surface area contributed by atoms with E-state index in [1.54, 1.807) is 0 Å². The fraction of sp³-hybridized carbons (Fsp3) is 0.250. The summed E-state index contributed by atoms with van der Waals surface area (Å²) in [6.07, 6.45) is 0.996. The third-order valence-electron chi connectivity index (χ3n) is 2.84. The number of benzene rings is 2. The zero-order chi connectivity index (χ0) is 14.5. The molecule has 0 spiro atoms. The summed E-state index contributed by atoms with van der Waals surface area (Å²) >= 11 is 3.46. The van der Waals surface area contributed by atoms with Crippen LogP contribution in [0.3, 0.4) is 0 Å². The van der Waals surface area contributed by atoms with Crippen LogP contribution in [0.15, 0.2) is 40.9 Å². The van der Waals surface area contributed by atoms with E-state index >= 15 is 0 Å². The first-order valence-electron chi connectivity index (χ1n) is 6.56. The van der Waals surface area contributed by atoms with Gasteiger partial charge in [0.25, 0.3) is 0 Å². The predicted octanol–water partition coefficient (Wildman–Crippen LogP) is 4.92. The molecule has 0 fully saturated rings. The van der Waals surface area contributed by atoms with Gasteiger partial charge in [-0.15, -0.1) is 0 Å². The molecule has 0 aliphatic heterocycles. The summed E-state index contributed by atoms with van der Waals surface area (Å²) in [5.74, 6) is 2.37. The van der Waals surface area contributed by atoms with E-state index in [4.69, 9.17) is 15.2 Å². The van der Waals surface area contributed by atoms with Gasteiger partial charge in [0.2, 0.25) is 0 Å². The standard InChI is InChI=1S/C16H18BrNO2/c1-3-8-19-12-4-6-13(7-5-12)20-16-9-11(2)15(18)10-14(16)17/h4-7,9-10H,3,8,18H2,1-2H3. The van der Waals surface area contributed by atoms with Crippen LogP contribution in [0.1, 0.15) is 18.9 Å². The average Bonchev–Trinajstić information content (AvgIpc) is 2.44. The van der Waals surface area contributed by atoms with Gasteiger partial charge in [-0.3, -0.25) is 0 Å². The van der Waals surface area contributed by atoms with Crippen molar-refractivity contribution in [2.45, 2.75) is 20.3 Å². The fourth-order valence-electron chi connectivity index (χ4n) is 1.70. The largest absolute Gasteiger partial charge is 0.494 e. The Bertz CT molecular complexity index is 582. The zero-order valence-corrected chi connectivity index (χ0v) is 13.2. The third-order valence-corrected chi connectivity index (χ3v) is 3.46. The van der Waals surface area contributed by atoms with Gasteiger partial charge >= 0.3 is 0 Å². The molecule has 0 radical (unpaired) electrons. The molecule has 2 aromatic carbocycles. The zero-order valence-electron chi connectivity index (χ0n) is 11.7. The number of anilines is 1. The van der Waals surface area contributed by atoms with E-state index in [0.29, 0.717) is 0 Å². The van der Waals surface area contributed by atoms with Gasteiger partial charge in [-0.05, 0) is 71.2 Å². The molecule has 2 aromatic rings. The number of hydrogen-bond donors (Lipinski definition) is 1. The lowest BCUT2D eigenvalue weighted by atomic mass is 10.2. The van der Waals surface area contributed by atoms with E-state index in [2.05, 4.69) is 22.9 Å². The Hall–Kier alpha value is -1.68. The van der Waals surface area contributed by atoms with Crippen molar-refractivity contribution < 1.29 is 9.47 Å². The minimum absolute atomic E-state index is 0.725. The van der Waals surface area contributed by atoms with Crippen LogP contribution in [0.5, 0.6) is 17.2 Å². The summed E-state index contributed by atoms with van der Waals surface area (Å²) < 4.78 is 12.2. The lowest BCUT2D eigenvalue weighted by molar-refractivity contribution is 0.317. The summed E-state index contributed by atoms with van der Waals surface area (Å²) in [6.45, 7) is 4.76. The molecule has 2 N–H and O–H groups in total. The van der Waals surface area contributed by atoms with Crippen molar-refractivity contribution in [3.8, 4) is 17.2 Å². The second kappa shape index (κ2) is 6.66. The number of nitrogens with two attached hydrogens (primary N) is 1. The normalized spacial score (nSPS) is 10.3. The number of nitrogen functional groups attached to an aromatic ring is 1. The molecule has 3 nitrogen and oxygen atoms in total. The molecule has 0 aromatic heterocycles. The Kier molecular flexibility index (Phi) is 4.90. The van der Waals surface area contributed by atoms with E-state index in [9.17, 15) is 0 Å². The Labute approximate surface area is 127 Å². The maximum absolute atomic E-state index is 5.85. The van der Waals surface area contributed by atoms with Gasteiger partial charge in [0.1, 0.15) is 17.2 Å². The summed E-state index contributed by atoms with van der Waals surface area (Å²) in [6, 6.07) is 11.4. The molecule has 0 bridgehead atoms. The van der Waals surface area contributed by atoms with Crippen LogP contribution >= 0.6 is 15.9 Å².